The van der Waals surface area contributed by atoms with E-state index in [-0.39, 0.29) is 12.4 Å². The molecule has 0 bridgehead atoms. The van der Waals surface area contributed by atoms with Gasteiger partial charge in [-0.1, -0.05) is 13.3 Å². The van der Waals surface area contributed by atoms with Crippen molar-refractivity contribution in [3.05, 3.63) is 24.0 Å². The Kier molecular flexibility index (Phi) is 11.6. The van der Waals surface area contributed by atoms with Crippen molar-refractivity contribution in [1.82, 2.24) is 24.3 Å². The first-order chi connectivity index (χ1) is 20.6. The number of unbranched alkanes of at least 4 members (excludes halogenated alkanes) is 2. The highest BCUT2D eigenvalue weighted by Gasteiger charge is 2.21. The lowest BCUT2D eigenvalue weighted by Crippen LogP contribution is -2.47. The standard InChI is InChI=1S/C33H53N7O3/c1-7-8-11-28-36-30-31(40(28)16-10-9-15-37(5)6)26-24-25(12-13-27(26)35-32(30)34)39-19-17-38(18-20-39)21-23-42-22-14-29(41)43-33(2,3)4/h12-13,24H,7-11,14-23H2,1-6H3,(H2,34,35). The molecule has 3 heterocycles. The molecule has 0 radical (unpaired) electrons. The van der Waals surface area contributed by atoms with Crippen LogP contribution in [-0.2, 0) is 27.2 Å². The van der Waals surface area contributed by atoms with Crippen LogP contribution in [0.15, 0.2) is 18.2 Å². The third-order valence-corrected chi connectivity index (χ3v) is 7.92. The number of benzene rings is 1. The predicted octanol–water partition coefficient (Wildman–Crippen LogP) is 4.72. The molecule has 1 aromatic carbocycles. The molecule has 1 fully saturated rings. The molecule has 0 saturated carbocycles. The number of ether oxygens (including phenoxy) is 2. The maximum absolute atomic E-state index is 11.9. The minimum Gasteiger partial charge on any atom is -0.460 e. The average molecular weight is 596 g/mol. The summed E-state index contributed by atoms with van der Waals surface area (Å²) >= 11 is 0. The number of carbonyl (C=O) groups is 1. The van der Waals surface area contributed by atoms with E-state index in [2.05, 4.69) is 58.5 Å². The van der Waals surface area contributed by atoms with Crippen LogP contribution >= 0.6 is 0 Å². The number of nitrogens with zero attached hydrogens (tertiary/aromatic N) is 6. The molecular weight excluding hydrogens is 542 g/mol. The minimum atomic E-state index is -0.456. The van der Waals surface area contributed by atoms with Gasteiger partial charge in [-0.15, -0.1) is 0 Å². The molecular formula is C33H53N7O3. The number of aryl methyl sites for hydroxylation is 2. The van der Waals surface area contributed by atoms with Crippen molar-refractivity contribution in [2.45, 2.75) is 78.4 Å². The van der Waals surface area contributed by atoms with Crippen LogP contribution in [0.5, 0.6) is 0 Å². The lowest BCUT2D eigenvalue weighted by atomic mass is 10.1. The molecule has 0 amide bonds. The number of imidazole rings is 1. The predicted molar refractivity (Wildman–Crippen MR) is 176 cm³/mol. The van der Waals surface area contributed by atoms with Crippen molar-refractivity contribution in [2.75, 3.05) is 77.2 Å². The molecule has 1 saturated heterocycles. The van der Waals surface area contributed by atoms with Crippen molar-refractivity contribution in [3.63, 3.8) is 0 Å². The van der Waals surface area contributed by atoms with Gasteiger partial charge in [-0.2, -0.15) is 0 Å². The van der Waals surface area contributed by atoms with Gasteiger partial charge in [-0.05, 0) is 78.9 Å². The summed E-state index contributed by atoms with van der Waals surface area (Å²) in [5.41, 5.74) is 10.1. The fourth-order valence-corrected chi connectivity index (χ4v) is 5.68. The second-order valence-corrected chi connectivity index (χ2v) is 13.0. The number of rotatable bonds is 15. The smallest absolute Gasteiger partial charge is 0.308 e. The van der Waals surface area contributed by atoms with Crippen LogP contribution in [0.2, 0.25) is 0 Å². The highest BCUT2D eigenvalue weighted by atomic mass is 16.6. The van der Waals surface area contributed by atoms with Gasteiger partial charge in [0, 0.05) is 56.8 Å². The van der Waals surface area contributed by atoms with E-state index in [0.29, 0.717) is 19.0 Å². The first-order valence-corrected chi connectivity index (χ1v) is 16.1. The second-order valence-electron chi connectivity index (χ2n) is 13.0. The first kappa shape index (κ1) is 33.0. The highest BCUT2D eigenvalue weighted by Crippen LogP contribution is 2.32. The first-order valence-electron chi connectivity index (χ1n) is 16.1. The molecule has 0 atom stereocenters. The number of fused-ring (bicyclic) bond motifs is 3. The van der Waals surface area contributed by atoms with Crippen LogP contribution in [0.25, 0.3) is 21.9 Å². The van der Waals surface area contributed by atoms with Crippen LogP contribution in [0.3, 0.4) is 0 Å². The molecule has 0 spiro atoms. The highest BCUT2D eigenvalue weighted by molar-refractivity contribution is 6.07. The van der Waals surface area contributed by atoms with Crippen molar-refractivity contribution in [2.24, 2.45) is 0 Å². The van der Waals surface area contributed by atoms with E-state index in [1.54, 1.807) is 0 Å². The number of esters is 1. The van der Waals surface area contributed by atoms with E-state index in [1.807, 2.05) is 20.8 Å². The summed E-state index contributed by atoms with van der Waals surface area (Å²) in [4.78, 5) is 28.8. The van der Waals surface area contributed by atoms with Gasteiger partial charge in [0.15, 0.2) is 5.82 Å². The molecule has 3 aromatic rings. The molecule has 1 aliphatic rings. The third-order valence-electron chi connectivity index (χ3n) is 7.92. The van der Waals surface area contributed by atoms with Gasteiger partial charge in [0.1, 0.15) is 16.9 Å². The molecule has 0 aliphatic carbocycles. The lowest BCUT2D eigenvalue weighted by molar-refractivity contribution is -0.156. The minimum absolute atomic E-state index is 0.212. The SMILES string of the molecule is CCCCc1nc2c(N)nc3ccc(N4CCN(CCOCCC(=O)OC(C)(C)C)CC4)cc3c2n1CCCCN(C)C. The number of pyridine rings is 1. The summed E-state index contributed by atoms with van der Waals surface area (Å²) in [6, 6.07) is 6.58. The summed E-state index contributed by atoms with van der Waals surface area (Å²) in [6.07, 6.45) is 5.72. The lowest BCUT2D eigenvalue weighted by Gasteiger charge is -2.36. The van der Waals surface area contributed by atoms with Gasteiger partial charge in [0.25, 0.3) is 0 Å². The maximum atomic E-state index is 11.9. The Balaban J connectivity index is 1.42. The number of nitrogens with two attached hydrogens (primary N) is 1. The Morgan fingerprint density at radius 1 is 1.02 bits per heavy atom. The number of aromatic nitrogens is 3. The number of piperazine rings is 1. The molecule has 43 heavy (non-hydrogen) atoms. The topological polar surface area (TPSA) is 102 Å². The van der Waals surface area contributed by atoms with Gasteiger partial charge in [-0.25, -0.2) is 9.97 Å². The van der Waals surface area contributed by atoms with Gasteiger partial charge < -0.3 is 29.6 Å². The number of hydrogen-bond acceptors (Lipinski definition) is 9. The fourth-order valence-electron chi connectivity index (χ4n) is 5.68. The average Bonchev–Trinajstić information content (AvgIpc) is 3.32. The molecule has 1 aliphatic heterocycles. The van der Waals surface area contributed by atoms with E-state index in [4.69, 9.17) is 25.2 Å². The maximum Gasteiger partial charge on any atom is 0.308 e. The van der Waals surface area contributed by atoms with Gasteiger partial charge >= 0.3 is 5.97 Å². The Hall–Kier alpha value is -2.95. The number of hydrogen-bond donors (Lipinski definition) is 1. The molecule has 2 aromatic heterocycles. The summed E-state index contributed by atoms with van der Waals surface area (Å²) in [6.45, 7) is 15.6. The summed E-state index contributed by atoms with van der Waals surface area (Å²) < 4.78 is 13.5. The summed E-state index contributed by atoms with van der Waals surface area (Å²) in [7, 11) is 4.26. The number of anilines is 2. The monoisotopic (exact) mass is 595 g/mol. The van der Waals surface area contributed by atoms with E-state index in [1.165, 1.54) is 5.69 Å². The third kappa shape index (κ3) is 9.27. The van der Waals surface area contributed by atoms with E-state index in [0.717, 1.165) is 106 Å². The molecule has 10 heteroatoms. The fraction of sp³-hybridized carbons (Fsp3) is 0.667. The largest absolute Gasteiger partial charge is 0.460 e. The van der Waals surface area contributed by atoms with Crippen molar-refractivity contribution in [3.8, 4) is 0 Å². The van der Waals surface area contributed by atoms with E-state index >= 15 is 0 Å². The molecule has 0 unspecified atom stereocenters. The molecule has 2 N–H and O–H groups in total. The van der Waals surface area contributed by atoms with Crippen LogP contribution < -0.4 is 10.6 Å². The van der Waals surface area contributed by atoms with E-state index in [9.17, 15) is 4.79 Å². The van der Waals surface area contributed by atoms with Crippen molar-refractivity contribution in [1.29, 1.82) is 0 Å². The number of nitrogen functional groups attached to an aromatic ring is 1. The molecule has 10 nitrogen and oxygen atoms in total. The quantitative estimate of drug-likeness (QED) is 0.198. The Morgan fingerprint density at radius 3 is 2.49 bits per heavy atom. The number of carbonyl (C=O) groups excluding carboxylic acids is 1. The zero-order chi connectivity index (χ0) is 31.0. The summed E-state index contributed by atoms with van der Waals surface area (Å²) in [5.74, 6) is 1.42. The second kappa shape index (κ2) is 15.2. The molecule has 238 valence electrons. The van der Waals surface area contributed by atoms with E-state index < -0.39 is 5.60 Å². The zero-order valence-corrected chi connectivity index (χ0v) is 27.3. The van der Waals surface area contributed by atoms with Gasteiger partial charge in [-0.3, -0.25) is 9.69 Å². The van der Waals surface area contributed by atoms with Crippen LogP contribution in [0, 0.1) is 0 Å². The van der Waals surface area contributed by atoms with Crippen LogP contribution in [0.1, 0.15) is 65.6 Å². The van der Waals surface area contributed by atoms with Gasteiger partial charge in [0.05, 0.1) is 30.7 Å². The molecule has 4 rings (SSSR count). The zero-order valence-electron chi connectivity index (χ0n) is 27.3. The van der Waals surface area contributed by atoms with Crippen LogP contribution in [0.4, 0.5) is 11.5 Å². The van der Waals surface area contributed by atoms with Crippen molar-refractivity contribution < 1.29 is 14.3 Å². The van der Waals surface area contributed by atoms with Gasteiger partial charge in [0.2, 0.25) is 0 Å². The normalized spacial score (nSPS) is 14.8. The Labute approximate surface area is 257 Å². The Bertz CT molecular complexity index is 1340. The Morgan fingerprint density at radius 2 is 1.79 bits per heavy atom. The summed E-state index contributed by atoms with van der Waals surface area (Å²) in [5, 5.41) is 1.13. The van der Waals surface area contributed by atoms with Crippen molar-refractivity contribution >= 4 is 39.4 Å². The van der Waals surface area contributed by atoms with Crippen LogP contribution in [-0.4, -0.2) is 102 Å².